The van der Waals surface area contributed by atoms with E-state index in [1.165, 1.54) is 0 Å². The van der Waals surface area contributed by atoms with Gasteiger partial charge in [0.1, 0.15) is 36.3 Å². The minimum Gasteiger partial charge on any atom is -0.462 e. The largest absolute Gasteiger partial charge is 0.462 e. The second kappa shape index (κ2) is 15.6. The number of anilines is 1. The zero-order chi connectivity index (χ0) is 31.8. The van der Waals surface area contributed by atoms with Gasteiger partial charge in [0.2, 0.25) is 6.29 Å². The van der Waals surface area contributed by atoms with E-state index in [1.807, 2.05) is 0 Å². The first kappa shape index (κ1) is 34.4. The molecule has 5 N–H and O–H groups in total. The average molecular weight is 631 g/mol. The molecule has 0 amide bonds. The van der Waals surface area contributed by atoms with Gasteiger partial charge in [0, 0.05) is 33.5 Å². The molecule has 2 aliphatic rings. The van der Waals surface area contributed by atoms with Gasteiger partial charge in [-0.25, -0.2) is 0 Å². The SMILES string of the molecule is CCC1OC(OC2C(O)C(CO)OC(Oc3ccc(NC(=S)NC)cc3)C2O)C(OC(C)=O)C(OC(C)=O)C1OC(C)=O. The van der Waals surface area contributed by atoms with Crippen molar-refractivity contribution in [3.8, 4) is 5.75 Å². The molecule has 16 heteroatoms. The van der Waals surface area contributed by atoms with Crippen LogP contribution in [0.15, 0.2) is 24.3 Å². The van der Waals surface area contributed by atoms with E-state index < -0.39 is 85.9 Å². The van der Waals surface area contributed by atoms with Gasteiger partial charge < -0.3 is 59.1 Å². The highest BCUT2D eigenvalue weighted by Crippen LogP contribution is 2.34. The van der Waals surface area contributed by atoms with Gasteiger partial charge >= 0.3 is 17.9 Å². The predicted octanol–water partition coefficient (Wildman–Crippen LogP) is -0.264. The molecule has 0 spiro atoms. The first-order chi connectivity index (χ1) is 20.4. The smallest absolute Gasteiger partial charge is 0.303 e. The monoisotopic (exact) mass is 630 g/mol. The third-order valence-electron chi connectivity index (χ3n) is 6.60. The lowest BCUT2D eigenvalue weighted by atomic mass is 9.95. The fourth-order valence-electron chi connectivity index (χ4n) is 4.70. The fraction of sp³-hybridized carbons (Fsp3) is 0.630. The van der Waals surface area contributed by atoms with Crippen molar-refractivity contribution in [2.45, 2.75) is 95.5 Å². The molecule has 2 heterocycles. The molecule has 43 heavy (non-hydrogen) atoms. The minimum atomic E-state index is -1.66. The number of hydrogen-bond acceptors (Lipinski definition) is 14. The number of hydrogen-bond donors (Lipinski definition) is 5. The number of rotatable bonds is 10. The standard InChI is InChI=1S/C27H38N2O13S/c1-6-17-21(36-12(2)31)23(37-13(3)32)24(38-14(4)33)26(40-17)42-22-19(34)18(11-30)41-25(20(22)35)39-16-9-7-15(8-10-16)29-27(43)28-5/h7-10,17-26,30,34-35H,6,11H2,1-5H3,(H2,28,29,43). The molecule has 1 aromatic carbocycles. The average Bonchev–Trinajstić information content (AvgIpc) is 2.95. The highest BCUT2D eigenvalue weighted by Gasteiger charge is 2.55. The van der Waals surface area contributed by atoms with Gasteiger partial charge in [-0.15, -0.1) is 0 Å². The number of thiocarbonyl (C=S) groups is 1. The summed E-state index contributed by atoms with van der Waals surface area (Å²) >= 11 is 5.08. The maximum atomic E-state index is 12.1. The van der Waals surface area contributed by atoms with E-state index in [2.05, 4.69) is 10.6 Å². The summed E-state index contributed by atoms with van der Waals surface area (Å²) in [6.07, 6.45) is -13.7. The molecule has 0 saturated carbocycles. The van der Waals surface area contributed by atoms with Crippen LogP contribution in [0.3, 0.4) is 0 Å². The van der Waals surface area contributed by atoms with Gasteiger partial charge in [-0.3, -0.25) is 14.4 Å². The number of ether oxygens (including phenoxy) is 7. The van der Waals surface area contributed by atoms with E-state index in [-0.39, 0.29) is 12.2 Å². The summed E-state index contributed by atoms with van der Waals surface area (Å²) in [7, 11) is 1.67. The highest BCUT2D eigenvalue weighted by atomic mass is 32.1. The zero-order valence-electron chi connectivity index (χ0n) is 24.3. The van der Waals surface area contributed by atoms with Gasteiger partial charge in [-0.05, 0) is 42.9 Å². The Morgan fingerprint density at radius 2 is 1.40 bits per heavy atom. The van der Waals surface area contributed by atoms with E-state index in [0.717, 1.165) is 20.8 Å². The van der Waals surface area contributed by atoms with Crippen molar-refractivity contribution in [1.82, 2.24) is 5.32 Å². The summed E-state index contributed by atoms with van der Waals surface area (Å²) < 4.78 is 39.6. The Hall–Kier alpha value is -3.12. The van der Waals surface area contributed by atoms with E-state index in [4.69, 9.17) is 45.4 Å². The Kier molecular flexibility index (Phi) is 12.4. The van der Waals surface area contributed by atoms with Crippen molar-refractivity contribution >= 4 is 40.9 Å². The second-order valence-electron chi connectivity index (χ2n) is 9.83. The molecule has 0 aliphatic carbocycles. The van der Waals surface area contributed by atoms with Crippen molar-refractivity contribution in [2.75, 3.05) is 19.0 Å². The molecule has 1 aromatic rings. The lowest BCUT2D eigenvalue weighted by Crippen LogP contribution is -2.66. The molecule has 0 radical (unpaired) electrons. The summed E-state index contributed by atoms with van der Waals surface area (Å²) in [4.78, 5) is 36.0. The molecule has 0 bridgehead atoms. The maximum Gasteiger partial charge on any atom is 0.303 e. The molecule has 10 unspecified atom stereocenters. The van der Waals surface area contributed by atoms with Crippen molar-refractivity contribution in [3.63, 3.8) is 0 Å². The highest BCUT2D eigenvalue weighted by molar-refractivity contribution is 7.80. The van der Waals surface area contributed by atoms with Crippen LogP contribution in [0.4, 0.5) is 5.69 Å². The normalized spacial score (nSPS) is 32.2. The molecule has 3 rings (SSSR count). The minimum absolute atomic E-state index is 0.246. The number of benzene rings is 1. The van der Waals surface area contributed by atoms with Crippen LogP contribution in [0.5, 0.6) is 5.75 Å². The summed E-state index contributed by atoms with van der Waals surface area (Å²) in [6.45, 7) is 4.43. The Morgan fingerprint density at radius 3 is 1.93 bits per heavy atom. The Morgan fingerprint density at radius 1 is 0.837 bits per heavy atom. The van der Waals surface area contributed by atoms with E-state index in [1.54, 1.807) is 38.2 Å². The molecule has 2 saturated heterocycles. The third kappa shape index (κ3) is 8.95. The quantitative estimate of drug-likeness (QED) is 0.128. The van der Waals surface area contributed by atoms with Crippen LogP contribution in [0, 0.1) is 0 Å². The lowest BCUT2D eigenvalue weighted by Gasteiger charge is -2.47. The number of esters is 3. The van der Waals surface area contributed by atoms with Crippen molar-refractivity contribution in [1.29, 1.82) is 0 Å². The fourth-order valence-corrected chi connectivity index (χ4v) is 4.82. The lowest BCUT2D eigenvalue weighted by molar-refractivity contribution is -0.352. The molecule has 0 aromatic heterocycles. The zero-order valence-corrected chi connectivity index (χ0v) is 25.1. The number of carbonyl (C=O) groups excluding carboxylic acids is 3. The van der Waals surface area contributed by atoms with Gasteiger partial charge in [0.15, 0.2) is 29.7 Å². The van der Waals surface area contributed by atoms with Crippen molar-refractivity contribution in [2.24, 2.45) is 0 Å². The van der Waals surface area contributed by atoms with Crippen LogP contribution in [0.2, 0.25) is 0 Å². The molecular formula is C27H38N2O13S. The van der Waals surface area contributed by atoms with Crippen molar-refractivity contribution < 1.29 is 62.9 Å². The topological polar surface area (TPSA) is 201 Å². The molecule has 2 fully saturated rings. The van der Waals surface area contributed by atoms with Gasteiger partial charge in [-0.1, -0.05) is 6.92 Å². The number of aliphatic hydroxyl groups excluding tert-OH is 3. The van der Waals surface area contributed by atoms with E-state index >= 15 is 0 Å². The molecule has 10 atom stereocenters. The Labute approximate surface area is 253 Å². The Bertz CT molecular complexity index is 1120. The van der Waals surface area contributed by atoms with Crippen LogP contribution in [-0.2, 0) is 42.8 Å². The maximum absolute atomic E-state index is 12.1. The van der Waals surface area contributed by atoms with E-state index in [0.29, 0.717) is 10.8 Å². The first-order valence-corrected chi connectivity index (χ1v) is 14.0. The summed E-state index contributed by atoms with van der Waals surface area (Å²) in [5.74, 6) is -1.98. The molecule has 240 valence electrons. The molecular weight excluding hydrogens is 592 g/mol. The van der Waals surface area contributed by atoms with Crippen LogP contribution in [0.1, 0.15) is 34.1 Å². The summed E-state index contributed by atoms with van der Waals surface area (Å²) in [5, 5.41) is 38.2. The number of aliphatic hydroxyl groups is 3. The second-order valence-corrected chi connectivity index (χ2v) is 10.2. The van der Waals surface area contributed by atoms with Crippen LogP contribution in [0.25, 0.3) is 0 Å². The number of nitrogens with one attached hydrogen (secondary N) is 2. The van der Waals surface area contributed by atoms with Gasteiger partial charge in [0.05, 0.1) is 6.61 Å². The third-order valence-corrected chi connectivity index (χ3v) is 6.91. The van der Waals surface area contributed by atoms with Crippen LogP contribution < -0.4 is 15.4 Å². The Balaban J connectivity index is 1.88. The van der Waals surface area contributed by atoms with E-state index in [9.17, 15) is 29.7 Å². The van der Waals surface area contributed by atoms with Crippen molar-refractivity contribution in [3.05, 3.63) is 24.3 Å². The predicted molar refractivity (Wildman–Crippen MR) is 151 cm³/mol. The first-order valence-electron chi connectivity index (χ1n) is 13.6. The summed E-state index contributed by atoms with van der Waals surface area (Å²) in [5.41, 5.74) is 0.660. The van der Waals surface area contributed by atoms with Gasteiger partial charge in [-0.2, -0.15) is 0 Å². The molecule has 2 aliphatic heterocycles. The van der Waals surface area contributed by atoms with Gasteiger partial charge in [0.25, 0.3) is 0 Å². The van der Waals surface area contributed by atoms with Crippen LogP contribution >= 0.6 is 12.2 Å². The number of carbonyl (C=O) groups is 3. The van der Waals surface area contributed by atoms with Crippen LogP contribution in [-0.4, -0.2) is 113 Å². The molecule has 15 nitrogen and oxygen atoms in total. The summed E-state index contributed by atoms with van der Waals surface area (Å²) in [6, 6.07) is 6.49.